The van der Waals surface area contributed by atoms with Crippen molar-refractivity contribution >= 4 is 5.97 Å². The minimum absolute atomic E-state index is 0.139. The first kappa shape index (κ1) is 30.2. The van der Waals surface area contributed by atoms with Crippen molar-refractivity contribution in [2.45, 2.75) is 90.6 Å². The molecule has 1 heterocycles. The Morgan fingerprint density at radius 2 is 1.44 bits per heavy atom. The zero-order chi connectivity index (χ0) is 28.1. The number of carbonyl (C=O) groups excluding carboxylic acids is 1. The van der Waals surface area contributed by atoms with E-state index in [1.165, 1.54) is 38.7 Å². The summed E-state index contributed by atoms with van der Waals surface area (Å²) in [6.45, 7) is 5.98. The average Bonchev–Trinajstić information content (AvgIpc) is 2.94. The second-order valence-electron chi connectivity index (χ2n) is 10.1. The van der Waals surface area contributed by atoms with Crippen LogP contribution in [0, 0.1) is 5.82 Å². The fourth-order valence-electron chi connectivity index (χ4n) is 4.19. The van der Waals surface area contributed by atoms with E-state index in [9.17, 15) is 13.6 Å². The summed E-state index contributed by atoms with van der Waals surface area (Å²) in [5.74, 6) is -0.416. The summed E-state index contributed by atoms with van der Waals surface area (Å²) in [5.41, 5.74) is 0.0825. The predicted octanol–water partition coefficient (Wildman–Crippen LogP) is 8.90. The number of halogens is 2. The largest absolute Gasteiger partial charge is 0.491 e. The highest BCUT2D eigenvalue weighted by molar-refractivity contribution is 5.81. The molecule has 0 aliphatic carbocycles. The quantitative estimate of drug-likeness (QED) is 0.104. The Hall–Kier alpha value is -3.35. The number of benzene rings is 2. The van der Waals surface area contributed by atoms with Crippen molar-refractivity contribution in [3.8, 4) is 34.0 Å². The van der Waals surface area contributed by atoms with E-state index >= 15 is 0 Å². The first-order chi connectivity index (χ1) is 18.8. The molecule has 0 aliphatic heterocycles. The molecule has 0 radical (unpaired) electrons. The number of nitrogens with zero attached hydrogens (tertiary/aromatic N) is 2. The average molecular weight is 539 g/mol. The van der Waals surface area contributed by atoms with Crippen molar-refractivity contribution in [1.82, 2.24) is 9.97 Å². The number of alkyl halides is 1. The molecular formula is C32H40F2N2O3. The minimum Gasteiger partial charge on any atom is -0.491 e. The Kier molecular flexibility index (Phi) is 11.8. The molecule has 210 valence electrons. The van der Waals surface area contributed by atoms with Crippen LogP contribution in [0.3, 0.4) is 0 Å². The number of rotatable bonds is 16. The summed E-state index contributed by atoms with van der Waals surface area (Å²) in [5, 5.41) is 0. The number of hydrogen-bond acceptors (Lipinski definition) is 5. The maximum atomic E-state index is 14.7. The van der Waals surface area contributed by atoms with Crippen LogP contribution in [0.5, 0.6) is 11.5 Å². The van der Waals surface area contributed by atoms with Crippen molar-refractivity contribution in [2.24, 2.45) is 0 Å². The fraction of sp³-hybridized carbons (Fsp3) is 0.469. The maximum absolute atomic E-state index is 14.7. The minimum atomic E-state index is -2.02. The summed E-state index contributed by atoms with van der Waals surface area (Å²) >= 11 is 0. The lowest BCUT2D eigenvalue weighted by Gasteiger charge is -2.18. The van der Waals surface area contributed by atoms with Gasteiger partial charge in [0, 0.05) is 23.5 Å². The van der Waals surface area contributed by atoms with Crippen LogP contribution in [0.4, 0.5) is 8.78 Å². The van der Waals surface area contributed by atoms with Crippen LogP contribution in [-0.2, 0) is 4.79 Å². The molecule has 1 atom stereocenters. The van der Waals surface area contributed by atoms with Gasteiger partial charge in [0.2, 0.25) is 5.67 Å². The molecule has 5 nitrogen and oxygen atoms in total. The third-order valence-electron chi connectivity index (χ3n) is 6.67. The van der Waals surface area contributed by atoms with Gasteiger partial charge in [-0.2, -0.15) is 0 Å². The zero-order valence-electron chi connectivity index (χ0n) is 23.3. The lowest BCUT2D eigenvalue weighted by atomic mass is 10.0. The Balaban J connectivity index is 1.55. The smallest absolute Gasteiger partial charge is 0.348 e. The molecule has 7 heteroatoms. The maximum Gasteiger partial charge on any atom is 0.348 e. The molecule has 0 saturated heterocycles. The number of esters is 1. The van der Waals surface area contributed by atoms with E-state index in [-0.39, 0.29) is 17.9 Å². The van der Waals surface area contributed by atoms with Crippen LogP contribution in [0.25, 0.3) is 22.5 Å². The van der Waals surface area contributed by atoms with Gasteiger partial charge < -0.3 is 9.47 Å². The summed E-state index contributed by atoms with van der Waals surface area (Å²) in [7, 11) is 0. The van der Waals surface area contributed by atoms with Gasteiger partial charge in [-0.15, -0.1) is 0 Å². The first-order valence-electron chi connectivity index (χ1n) is 14.1. The van der Waals surface area contributed by atoms with Crippen molar-refractivity contribution in [2.75, 3.05) is 6.61 Å². The van der Waals surface area contributed by atoms with Gasteiger partial charge in [0.05, 0.1) is 6.61 Å². The molecule has 0 aliphatic rings. The van der Waals surface area contributed by atoms with Gasteiger partial charge in [-0.1, -0.05) is 70.9 Å². The van der Waals surface area contributed by atoms with Crippen LogP contribution >= 0.6 is 0 Å². The van der Waals surface area contributed by atoms with Crippen LogP contribution in [0.2, 0.25) is 0 Å². The molecule has 2 aromatic carbocycles. The van der Waals surface area contributed by atoms with Gasteiger partial charge in [-0.3, -0.25) is 0 Å². The number of carbonyl (C=O) groups is 1. The fourth-order valence-corrected chi connectivity index (χ4v) is 4.19. The highest BCUT2D eigenvalue weighted by atomic mass is 19.1. The van der Waals surface area contributed by atoms with Crippen molar-refractivity contribution in [3.63, 3.8) is 0 Å². The normalized spacial score (nSPS) is 12.6. The van der Waals surface area contributed by atoms with E-state index < -0.39 is 17.5 Å². The molecule has 0 spiro atoms. The summed E-state index contributed by atoms with van der Waals surface area (Å²) < 4.78 is 40.1. The first-order valence-corrected chi connectivity index (χ1v) is 14.1. The van der Waals surface area contributed by atoms with Gasteiger partial charge in [0.25, 0.3) is 0 Å². The number of unbranched alkanes of at least 4 members (excludes halogenated alkanes) is 7. The highest BCUT2D eigenvalue weighted by Crippen LogP contribution is 2.27. The van der Waals surface area contributed by atoms with Gasteiger partial charge in [0.1, 0.15) is 5.75 Å². The monoisotopic (exact) mass is 538 g/mol. The Morgan fingerprint density at radius 3 is 2.10 bits per heavy atom. The van der Waals surface area contributed by atoms with Crippen LogP contribution < -0.4 is 9.47 Å². The van der Waals surface area contributed by atoms with Crippen LogP contribution in [0.15, 0.2) is 54.9 Å². The molecule has 3 aromatic rings. The van der Waals surface area contributed by atoms with Gasteiger partial charge in [-0.25, -0.2) is 23.5 Å². The predicted molar refractivity (Wildman–Crippen MR) is 151 cm³/mol. The molecule has 3 rings (SSSR count). The third-order valence-corrected chi connectivity index (χ3v) is 6.67. The van der Waals surface area contributed by atoms with Crippen LogP contribution in [-0.4, -0.2) is 28.2 Å². The molecular weight excluding hydrogens is 498 g/mol. The van der Waals surface area contributed by atoms with Crippen molar-refractivity contribution < 1.29 is 23.0 Å². The topological polar surface area (TPSA) is 61.3 Å². The Labute approximate surface area is 231 Å². The highest BCUT2D eigenvalue weighted by Gasteiger charge is 2.34. The zero-order valence-corrected chi connectivity index (χ0v) is 23.3. The molecule has 0 N–H and O–H groups in total. The third kappa shape index (κ3) is 9.41. The number of hydrogen-bond donors (Lipinski definition) is 0. The molecule has 0 saturated carbocycles. The van der Waals surface area contributed by atoms with Gasteiger partial charge in [-0.05, 0) is 62.1 Å². The summed E-state index contributed by atoms with van der Waals surface area (Å²) in [6.07, 6.45) is 12.8. The van der Waals surface area contributed by atoms with Gasteiger partial charge in [0.15, 0.2) is 17.4 Å². The lowest BCUT2D eigenvalue weighted by Crippen LogP contribution is -2.34. The van der Waals surface area contributed by atoms with E-state index in [2.05, 4.69) is 16.9 Å². The van der Waals surface area contributed by atoms with Crippen molar-refractivity contribution in [3.05, 3.63) is 60.7 Å². The summed E-state index contributed by atoms with van der Waals surface area (Å²) in [6, 6.07) is 11.5. The standard InChI is InChI=1S/C32H40F2N2O3/c1-4-6-8-9-10-12-20-38-29-18-15-25(21-28(29)33)30-35-22-26(23-36-30)24-13-16-27(17-14-24)39-31(37)32(3,34)19-11-7-5-2/h13-18,21-23H,4-12,19-20H2,1-3H3/t32-/m0/s1. The van der Waals surface area contributed by atoms with E-state index in [0.29, 0.717) is 24.4 Å². The summed E-state index contributed by atoms with van der Waals surface area (Å²) in [4.78, 5) is 21.0. The van der Waals surface area contributed by atoms with E-state index in [0.717, 1.165) is 36.8 Å². The molecule has 39 heavy (non-hydrogen) atoms. The molecule has 0 bridgehead atoms. The van der Waals surface area contributed by atoms with E-state index in [1.54, 1.807) is 48.8 Å². The second-order valence-corrected chi connectivity index (χ2v) is 10.1. The van der Waals surface area contributed by atoms with E-state index in [4.69, 9.17) is 9.47 Å². The van der Waals surface area contributed by atoms with E-state index in [1.807, 2.05) is 6.92 Å². The second kappa shape index (κ2) is 15.3. The molecule has 0 amide bonds. The van der Waals surface area contributed by atoms with Crippen molar-refractivity contribution in [1.29, 1.82) is 0 Å². The molecule has 0 fully saturated rings. The molecule has 1 aromatic heterocycles. The molecule has 0 unspecified atom stereocenters. The van der Waals surface area contributed by atoms with Crippen LogP contribution in [0.1, 0.15) is 85.0 Å². The Bertz CT molecular complexity index is 1170. The lowest BCUT2D eigenvalue weighted by molar-refractivity contribution is -0.147. The number of ether oxygens (including phenoxy) is 2. The Morgan fingerprint density at radius 1 is 0.821 bits per heavy atom. The SMILES string of the molecule is CCCCCCCCOc1ccc(-c2ncc(-c3ccc(OC(=O)[C@@](C)(F)CCCCC)cc3)cn2)cc1F. The van der Waals surface area contributed by atoms with Gasteiger partial charge >= 0.3 is 5.97 Å². The number of aromatic nitrogens is 2.